The summed E-state index contributed by atoms with van der Waals surface area (Å²) in [4.78, 5) is 13.0. The van der Waals surface area contributed by atoms with Gasteiger partial charge in [-0.05, 0) is 24.6 Å². The molecule has 4 heteroatoms. The van der Waals surface area contributed by atoms with Crippen molar-refractivity contribution in [3.63, 3.8) is 0 Å². The molecule has 1 N–H and O–H groups in total. The number of rotatable bonds is 3. The fourth-order valence-corrected chi connectivity index (χ4v) is 2.17. The SMILES string of the molecule is Cc1cccc(N2CCOCC2CC(=O)O)c1. The van der Waals surface area contributed by atoms with E-state index in [4.69, 9.17) is 9.84 Å². The molecule has 1 heterocycles. The van der Waals surface area contributed by atoms with Crippen LogP contribution in [0.3, 0.4) is 0 Å². The Morgan fingerprint density at radius 3 is 3.12 bits per heavy atom. The van der Waals surface area contributed by atoms with Crippen LogP contribution in [0.1, 0.15) is 12.0 Å². The Labute approximate surface area is 101 Å². The minimum atomic E-state index is -0.779. The summed E-state index contributed by atoms with van der Waals surface area (Å²) in [5.41, 5.74) is 2.27. The van der Waals surface area contributed by atoms with Crippen LogP contribution in [0, 0.1) is 6.92 Å². The largest absolute Gasteiger partial charge is 0.481 e. The molecular formula is C13H17NO3. The van der Waals surface area contributed by atoms with Crippen LogP contribution in [0.4, 0.5) is 5.69 Å². The molecule has 0 amide bonds. The first-order valence-corrected chi connectivity index (χ1v) is 5.79. The van der Waals surface area contributed by atoms with E-state index in [1.54, 1.807) is 0 Å². The Balaban J connectivity index is 2.18. The van der Waals surface area contributed by atoms with Crippen molar-refractivity contribution in [3.8, 4) is 0 Å². The van der Waals surface area contributed by atoms with Crippen LogP contribution in [-0.4, -0.2) is 36.9 Å². The maximum absolute atomic E-state index is 10.8. The predicted octanol–water partition coefficient (Wildman–Crippen LogP) is 1.67. The summed E-state index contributed by atoms with van der Waals surface area (Å²) in [6.07, 6.45) is 0.119. The van der Waals surface area contributed by atoms with Gasteiger partial charge in [-0.15, -0.1) is 0 Å². The number of carbonyl (C=O) groups is 1. The van der Waals surface area contributed by atoms with Crippen molar-refractivity contribution >= 4 is 11.7 Å². The first kappa shape index (κ1) is 11.9. The Bertz CT molecular complexity index is 405. The number of nitrogens with zero attached hydrogens (tertiary/aromatic N) is 1. The molecule has 0 bridgehead atoms. The monoisotopic (exact) mass is 235 g/mol. The maximum atomic E-state index is 10.8. The molecule has 0 aliphatic carbocycles. The van der Waals surface area contributed by atoms with E-state index in [1.807, 2.05) is 25.1 Å². The second-order valence-electron chi connectivity index (χ2n) is 4.36. The molecule has 0 aromatic heterocycles. The minimum absolute atomic E-state index is 0.0666. The molecule has 1 atom stereocenters. The van der Waals surface area contributed by atoms with E-state index in [0.29, 0.717) is 13.2 Å². The highest BCUT2D eigenvalue weighted by atomic mass is 16.5. The fourth-order valence-electron chi connectivity index (χ4n) is 2.17. The molecule has 2 rings (SSSR count). The van der Waals surface area contributed by atoms with E-state index in [0.717, 1.165) is 12.2 Å². The van der Waals surface area contributed by atoms with Crippen molar-refractivity contribution in [1.29, 1.82) is 0 Å². The number of anilines is 1. The molecule has 0 saturated carbocycles. The van der Waals surface area contributed by atoms with Gasteiger partial charge in [0.1, 0.15) is 0 Å². The maximum Gasteiger partial charge on any atom is 0.305 e. The molecule has 1 saturated heterocycles. The molecule has 0 radical (unpaired) electrons. The van der Waals surface area contributed by atoms with Gasteiger partial charge in [0.05, 0.1) is 25.7 Å². The highest BCUT2D eigenvalue weighted by molar-refractivity contribution is 5.68. The lowest BCUT2D eigenvalue weighted by atomic mass is 10.1. The normalized spacial score (nSPS) is 20.3. The number of carboxylic acids is 1. The molecule has 1 aromatic carbocycles. The van der Waals surface area contributed by atoms with Crippen molar-refractivity contribution in [2.75, 3.05) is 24.7 Å². The topological polar surface area (TPSA) is 49.8 Å². The molecule has 92 valence electrons. The molecule has 1 fully saturated rings. The standard InChI is InChI=1S/C13H17NO3/c1-10-3-2-4-11(7-10)14-5-6-17-9-12(14)8-13(15)16/h2-4,7,12H,5-6,8-9H2,1H3,(H,15,16). The van der Waals surface area contributed by atoms with Gasteiger partial charge in [0.25, 0.3) is 0 Å². The summed E-state index contributed by atoms with van der Waals surface area (Å²) in [5.74, 6) is -0.779. The second kappa shape index (κ2) is 5.19. The van der Waals surface area contributed by atoms with Gasteiger partial charge >= 0.3 is 5.97 Å². The highest BCUT2D eigenvalue weighted by Crippen LogP contribution is 2.22. The third kappa shape index (κ3) is 2.97. The van der Waals surface area contributed by atoms with Crippen LogP contribution in [0.15, 0.2) is 24.3 Å². The molecule has 1 aliphatic heterocycles. The first-order chi connectivity index (χ1) is 8.16. The summed E-state index contributed by atoms with van der Waals surface area (Å²) in [7, 11) is 0. The van der Waals surface area contributed by atoms with Gasteiger partial charge < -0.3 is 14.7 Å². The summed E-state index contributed by atoms with van der Waals surface area (Å²) >= 11 is 0. The van der Waals surface area contributed by atoms with Crippen LogP contribution < -0.4 is 4.90 Å². The van der Waals surface area contributed by atoms with Gasteiger partial charge in [-0.1, -0.05) is 12.1 Å². The summed E-state index contributed by atoms with van der Waals surface area (Å²) in [6, 6.07) is 8.07. The fraction of sp³-hybridized carbons (Fsp3) is 0.462. The summed E-state index contributed by atoms with van der Waals surface area (Å²) in [5, 5.41) is 8.90. The zero-order valence-electron chi connectivity index (χ0n) is 9.93. The Hall–Kier alpha value is -1.55. The van der Waals surface area contributed by atoms with E-state index in [2.05, 4.69) is 11.0 Å². The van der Waals surface area contributed by atoms with Crippen LogP contribution in [0.2, 0.25) is 0 Å². The minimum Gasteiger partial charge on any atom is -0.481 e. The van der Waals surface area contributed by atoms with Crippen LogP contribution >= 0.6 is 0 Å². The zero-order chi connectivity index (χ0) is 12.3. The van der Waals surface area contributed by atoms with E-state index < -0.39 is 5.97 Å². The highest BCUT2D eigenvalue weighted by Gasteiger charge is 2.25. The predicted molar refractivity (Wildman–Crippen MR) is 65.4 cm³/mol. The molecule has 0 spiro atoms. The van der Waals surface area contributed by atoms with Gasteiger partial charge in [-0.3, -0.25) is 4.79 Å². The lowest BCUT2D eigenvalue weighted by molar-refractivity contribution is -0.138. The summed E-state index contributed by atoms with van der Waals surface area (Å²) in [6.45, 7) is 3.93. The van der Waals surface area contributed by atoms with Gasteiger partial charge in [-0.25, -0.2) is 0 Å². The van der Waals surface area contributed by atoms with E-state index >= 15 is 0 Å². The molecule has 1 unspecified atom stereocenters. The van der Waals surface area contributed by atoms with Crippen molar-refractivity contribution in [1.82, 2.24) is 0 Å². The number of aliphatic carboxylic acids is 1. The summed E-state index contributed by atoms with van der Waals surface area (Å²) < 4.78 is 5.36. The van der Waals surface area contributed by atoms with Crippen LogP contribution in [0.25, 0.3) is 0 Å². The first-order valence-electron chi connectivity index (χ1n) is 5.79. The molecule has 4 nitrogen and oxygen atoms in total. The van der Waals surface area contributed by atoms with E-state index in [-0.39, 0.29) is 12.5 Å². The van der Waals surface area contributed by atoms with Gasteiger partial charge in [0.2, 0.25) is 0 Å². The van der Waals surface area contributed by atoms with Crippen molar-refractivity contribution in [2.45, 2.75) is 19.4 Å². The molecular weight excluding hydrogens is 218 g/mol. The number of carboxylic acid groups (broad SMARTS) is 1. The number of benzene rings is 1. The van der Waals surface area contributed by atoms with Crippen LogP contribution in [-0.2, 0) is 9.53 Å². The van der Waals surface area contributed by atoms with Crippen molar-refractivity contribution in [2.24, 2.45) is 0 Å². The van der Waals surface area contributed by atoms with Gasteiger partial charge in [-0.2, -0.15) is 0 Å². The third-order valence-corrected chi connectivity index (χ3v) is 2.97. The van der Waals surface area contributed by atoms with Gasteiger partial charge in [0.15, 0.2) is 0 Å². The number of morpholine rings is 1. The van der Waals surface area contributed by atoms with Crippen molar-refractivity contribution in [3.05, 3.63) is 29.8 Å². The Kier molecular flexibility index (Phi) is 3.64. The van der Waals surface area contributed by atoms with E-state index in [1.165, 1.54) is 5.56 Å². The average molecular weight is 235 g/mol. The van der Waals surface area contributed by atoms with Crippen LogP contribution in [0.5, 0.6) is 0 Å². The Morgan fingerprint density at radius 1 is 1.59 bits per heavy atom. The third-order valence-electron chi connectivity index (χ3n) is 2.97. The number of hydrogen-bond donors (Lipinski definition) is 1. The smallest absolute Gasteiger partial charge is 0.305 e. The molecule has 1 aromatic rings. The van der Waals surface area contributed by atoms with Gasteiger partial charge in [0, 0.05) is 12.2 Å². The number of hydrogen-bond acceptors (Lipinski definition) is 3. The quantitative estimate of drug-likeness (QED) is 0.866. The number of ether oxygens (including phenoxy) is 1. The molecule has 1 aliphatic rings. The lowest BCUT2D eigenvalue weighted by Gasteiger charge is -2.36. The zero-order valence-corrected chi connectivity index (χ0v) is 9.93. The molecule has 17 heavy (non-hydrogen) atoms. The second-order valence-corrected chi connectivity index (χ2v) is 4.36. The van der Waals surface area contributed by atoms with Crippen molar-refractivity contribution < 1.29 is 14.6 Å². The van der Waals surface area contributed by atoms with E-state index in [9.17, 15) is 4.79 Å². The number of aryl methyl sites for hydroxylation is 1. The average Bonchev–Trinajstić information content (AvgIpc) is 2.29. The lowest BCUT2D eigenvalue weighted by Crippen LogP contribution is -2.46. The Morgan fingerprint density at radius 2 is 2.41 bits per heavy atom.